The first-order valence-corrected chi connectivity index (χ1v) is 7.19. The summed E-state index contributed by atoms with van der Waals surface area (Å²) in [6, 6.07) is 3.26. The van der Waals surface area contributed by atoms with Crippen molar-refractivity contribution in [3.8, 4) is 0 Å². The quantitative estimate of drug-likeness (QED) is 0.337. The first-order chi connectivity index (χ1) is 9.58. The smallest absolute Gasteiger partial charge is 0.171 e. The zero-order valence-electron chi connectivity index (χ0n) is 10.9. The number of aliphatic hydroxyl groups is 1. The van der Waals surface area contributed by atoms with Crippen LogP contribution >= 0.6 is 15.9 Å². The number of nitrogens with two attached hydrogens (primary N) is 1. The molecule has 110 valence electrons. The molecule has 0 aromatic heterocycles. The van der Waals surface area contributed by atoms with Gasteiger partial charge in [-0.2, -0.15) is 0 Å². The van der Waals surface area contributed by atoms with E-state index < -0.39 is 5.82 Å². The standard InChI is InChI=1S/C13H17BrFN3O2/c14-11-9(13(16)17-20)1-2-10(12(11)15)18-5-3-8(7-18)4-6-19/h1-2,8,19-20H,3-7H2,(H2,16,17). The molecule has 0 spiro atoms. The second-order valence-electron chi connectivity index (χ2n) is 4.86. The summed E-state index contributed by atoms with van der Waals surface area (Å²) < 4.78 is 14.6. The normalized spacial score (nSPS) is 19.6. The number of anilines is 1. The lowest BCUT2D eigenvalue weighted by molar-refractivity contribution is 0.263. The fraction of sp³-hybridized carbons (Fsp3) is 0.462. The third-order valence-electron chi connectivity index (χ3n) is 3.61. The van der Waals surface area contributed by atoms with Gasteiger partial charge in [0.1, 0.15) is 0 Å². The van der Waals surface area contributed by atoms with Gasteiger partial charge in [-0.05, 0) is 46.8 Å². The minimum atomic E-state index is -0.418. The molecule has 1 fully saturated rings. The van der Waals surface area contributed by atoms with Crippen LogP contribution in [0.1, 0.15) is 18.4 Å². The van der Waals surface area contributed by atoms with Gasteiger partial charge in [0.05, 0.1) is 10.2 Å². The summed E-state index contributed by atoms with van der Waals surface area (Å²) in [6.45, 7) is 1.65. The number of halogens is 2. The van der Waals surface area contributed by atoms with Gasteiger partial charge in [0.15, 0.2) is 11.7 Å². The van der Waals surface area contributed by atoms with Gasteiger partial charge >= 0.3 is 0 Å². The molecular weight excluding hydrogens is 329 g/mol. The summed E-state index contributed by atoms with van der Waals surface area (Å²) in [5, 5.41) is 20.5. The zero-order chi connectivity index (χ0) is 14.7. The van der Waals surface area contributed by atoms with Crippen molar-refractivity contribution in [1.29, 1.82) is 0 Å². The third-order valence-corrected chi connectivity index (χ3v) is 4.38. The summed E-state index contributed by atoms with van der Waals surface area (Å²) in [7, 11) is 0. The Balaban J connectivity index is 2.25. The Hall–Kier alpha value is -1.34. The first kappa shape index (κ1) is 15.1. The number of amidine groups is 1. The second-order valence-corrected chi connectivity index (χ2v) is 5.65. The number of hydrogen-bond donors (Lipinski definition) is 3. The molecule has 0 saturated carbocycles. The number of nitrogens with zero attached hydrogens (tertiary/aromatic N) is 2. The fourth-order valence-electron chi connectivity index (χ4n) is 2.50. The van der Waals surface area contributed by atoms with Crippen LogP contribution in [-0.4, -0.2) is 35.8 Å². The van der Waals surface area contributed by atoms with E-state index in [0.717, 1.165) is 25.9 Å². The van der Waals surface area contributed by atoms with E-state index in [2.05, 4.69) is 21.1 Å². The molecule has 0 aliphatic carbocycles. The Morgan fingerprint density at radius 2 is 2.30 bits per heavy atom. The number of hydrogen-bond acceptors (Lipinski definition) is 4. The van der Waals surface area contributed by atoms with Gasteiger partial charge in [0.25, 0.3) is 0 Å². The highest BCUT2D eigenvalue weighted by Gasteiger charge is 2.25. The van der Waals surface area contributed by atoms with E-state index in [1.165, 1.54) is 0 Å². The highest BCUT2D eigenvalue weighted by molar-refractivity contribution is 9.10. The average molecular weight is 346 g/mol. The molecule has 0 amide bonds. The molecule has 1 heterocycles. The maximum absolute atomic E-state index is 14.4. The molecule has 1 atom stereocenters. The van der Waals surface area contributed by atoms with Crippen molar-refractivity contribution in [1.82, 2.24) is 0 Å². The topological polar surface area (TPSA) is 82.1 Å². The van der Waals surface area contributed by atoms with Crippen LogP contribution in [0.3, 0.4) is 0 Å². The molecule has 1 aliphatic rings. The molecule has 20 heavy (non-hydrogen) atoms. The van der Waals surface area contributed by atoms with Crippen molar-refractivity contribution in [2.24, 2.45) is 16.8 Å². The maximum Gasteiger partial charge on any atom is 0.171 e. The lowest BCUT2D eigenvalue weighted by Crippen LogP contribution is -2.22. The SMILES string of the molecule is N/C(=N/O)c1ccc(N2CCC(CCO)C2)c(F)c1Br. The molecular formula is C13H17BrFN3O2. The van der Waals surface area contributed by atoms with Crippen LogP contribution in [0.5, 0.6) is 0 Å². The highest BCUT2D eigenvalue weighted by Crippen LogP contribution is 2.33. The summed E-state index contributed by atoms with van der Waals surface area (Å²) in [5.41, 5.74) is 6.30. The molecule has 4 N–H and O–H groups in total. The van der Waals surface area contributed by atoms with Crippen molar-refractivity contribution in [2.45, 2.75) is 12.8 Å². The molecule has 1 aromatic carbocycles. The minimum absolute atomic E-state index is 0.137. The molecule has 1 unspecified atom stereocenters. The van der Waals surface area contributed by atoms with E-state index in [-0.39, 0.29) is 16.9 Å². The van der Waals surface area contributed by atoms with Crippen LogP contribution in [0, 0.1) is 11.7 Å². The van der Waals surface area contributed by atoms with E-state index in [1.54, 1.807) is 12.1 Å². The molecule has 0 radical (unpaired) electrons. The average Bonchev–Trinajstić information content (AvgIpc) is 2.90. The van der Waals surface area contributed by atoms with Crippen LogP contribution < -0.4 is 10.6 Å². The van der Waals surface area contributed by atoms with Crippen molar-refractivity contribution < 1.29 is 14.7 Å². The number of oxime groups is 1. The van der Waals surface area contributed by atoms with E-state index >= 15 is 0 Å². The van der Waals surface area contributed by atoms with Crippen molar-refractivity contribution in [3.05, 3.63) is 28.0 Å². The van der Waals surface area contributed by atoms with Crippen LogP contribution in [0.15, 0.2) is 21.8 Å². The first-order valence-electron chi connectivity index (χ1n) is 6.40. The number of aliphatic hydroxyl groups excluding tert-OH is 1. The largest absolute Gasteiger partial charge is 0.409 e. The van der Waals surface area contributed by atoms with Gasteiger partial charge in [-0.3, -0.25) is 0 Å². The number of benzene rings is 1. The van der Waals surface area contributed by atoms with E-state index in [4.69, 9.17) is 16.0 Å². The van der Waals surface area contributed by atoms with Gasteiger partial charge in [-0.25, -0.2) is 4.39 Å². The van der Waals surface area contributed by atoms with Crippen molar-refractivity contribution in [2.75, 3.05) is 24.6 Å². The summed E-state index contributed by atoms with van der Waals surface area (Å²) >= 11 is 3.15. The van der Waals surface area contributed by atoms with Gasteiger partial charge in [0, 0.05) is 25.3 Å². The summed E-state index contributed by atoms with van der Waals surface area (Å²) in [6.07, 6.45) is 1.68. The van der Waals surface area contributed by atoms with Crippen molar-refractivity contribution >= 4 is 27.5 Å². The number of rotatable bonds is 4. The van der Waals surface area contributed by atoms with Gasteiger partial charge < -0.3 is 20.9 Å². The molecule has 1 aliphatic heterocycles. The van der Waals surface area contributed by atoms with E-state index in [1.807, 2.05) is 4.90 Å². The van der Waals surface area contributed by atoms with Gasteiger partial charge in [-0.1, -0.05) is 5.16 Å². The third kappa shape index (κ3) is 2.88. The Kier molecular flexibility index (Phi) is 4.82. The van der Waals surface area contributed by atoms with Crippen LogP contribution in [0.2, 0.25) is 0 Å². The zero-order valence-corrected chi connectivity index (χ0v) is 12.5. The van der Waals surface area contributed by atoms with Crippen LogP contribution in [0.25, 0.3) is 0 Å². The fourth-order valence-corrected chi connectivity index (χ4v) is 3.04. The Labute approximate surface area is 125 Å². The molecule has 7 heteroatoms. The maximum atomic E-state index is 14.4. The Bertz CT molecular complexity index is 525. The molecule has 1 saturated heterocycles. The summed E-state index contributed by atoms with van der Waals surface area (Å²) in [5.74, 6) is -0.164. The molecule has 1 aromatic rings. The highest BCUT2D eigenvalue weighted by atomic mass is 79.9. The van der Waals surface area contributed by atoms with E-state index in [0.29, 0.717) is 17.2 Å². The Morgan fingerprint density at radius 1 is 1.55 bits per heavy atom. The van der Waals surface area contributed by atoms with Crippen molar-refractivity contribution in [3.63, 3.8) is 0 Å². The van der Waals surface area contributed by atoms with Gasteiger partial charge in [0.2, 0.25) is 0 Å². The lowest BCUT2D eigenvalue weighted by atomic mass is 10.1. The predicted molar refractivity (Wildman–Crippen MR) is 78.6 cm³/mol. The monoisotopic (exact) mass is 345 g/mol. The summed E-state index contributed by atoms with van der Waals surface area (Å²) in [4.78, 5) is 1.95. The predicted octanol–water partition coefficient (Wildman–Crippen LogP) is 1.89. The second kappa shape index (κ2) is 6.41. The van der Waals surface area contributed by atoms with Gasteiger partial charge in [-0.15, -0.1) is 0 Å². The minimum Gasteiger partial charge on any atom is -0.409 e. The lowest BCUT2D eigenvalue weighted by Gasteiger charge is -2.20. The molecule has 2 rings (SSSR count). The molecule has 0 bridgehead atoms. The van der Waals surface area contributed by atoms with Crippen LogP contribution in [0.4, 0.5) is 10.1 Å². The van der Waals surface area contributed by atoms with Crippen LogP contribution in [-0.2, 0) is 0 Å². The van der Waals surface area contributed by atoms with E-state index in [9.17, 15) is 4.39 Å². The Morgan fingerprint density at radius 3 is 2.95 bits per heavy atom. The molecule has 5 nitrogen and oxygen atoms in total.